The van der Waals surface area contributed by atoms with Crippen LogP contribution < -0.4 is 10.1 Å². The maximum atomic E-state index is 12.2. The molecular weight excluding hydrogens is 439 g/mol. The number of carbonyl (C=O) groups excluding carboxylic acids is 1. The summed E-state index contributed by atoms with van der Waals surface area (Å²) in [5.41, 5.74) is 0.227. The van der Waals surface area contributed by atoms with E-state index in [0.29, 0.717) is 0 Å². The number of anilines is 1. The molecule has 2 rings (SSSR count). The Morgan fingerprint density at radius 3 is 2.15 bits per heavy atom. The van der Waals surface area contributed by atoms with Crippen LogP contribution in [0, 0.1) is 0 Å². The average molecular weight is 452 g/mol. The van der Waals surface area contributed by atoms with E-state index in [1.54, 1.807) is 12.1 Å². The van der Waals surface area contributed by atoms with Crippen molar-refractivity contribution in [1.29, 1.82) is 0 Å². The zero-order valence-electron chi connectivity index (χ0n) is 13.1. The van der Waals surface area contributed by atoms with Gasteiger partial charge in [0.2, 0.25) is 5.91 Å². The lowest BCUT2D eigenvalue weighted by molar-refractivity contribution is -0.274. The first-order valence-electron chi connectivity index (χ1n) is 7.19. The number of ether oxygens (including phenoxy) is 1. The van der Waals surface area contributed by atoms with Crippen LogP contribution in [0.5, 0.6) is 5.75 Å². The van der Waals surface area contributed by atoms with E-state index >= 15 is 0 Å². The zero-order chi connectivity index (χ0) is 19.4. The van der Waals surface area contributed by atoms with E-state index in [9.17, 15) is 26.4 Å². The molecule has 0 saturated carbocycles. The average Bonchev–Trinajstić information content (AvgIpc) is 2.54. The number of carbonyl (C=O) groups is 1. The Balaban J connectivity index is 1.91. The van der Waals surface area contributed by atoms with Crippen molar-refractivity contribution in [3.8, 4) is 5.75 Å². The van der Waals surface area contributed by atoms with Crippen molar-refractivity contribution in [1.82, 2.24) is 0 Å². The Kier molecular flexibility index (Phi) is 6.30. The van der Waals surface area contributed by atoms with Gasteiger partial charge in [-0.2, -0.15) is 0 Å². The maximum absolute atomic E-state index is 12.2. The monoisotopic (exact) mass is 451 g/mol. The summed E-state index contributed by atoms with van der Waals surface area (Å²) in [6.45, 7) is 0. The van der Waals surface area contributed by atoms with Gasteiger partial charge in [-0.05, 0) is 48.5 Å². The molecule has 0 radical (unpaired) electrons. The molecule has 0 unspecified atom stereocenters. The van der Waals surface area contributed by atoms with Crippen molar-refractivity contribution in [3.05, 3.63) is 53.0 Å². The van der Waals surface area contributed by atoms with E-state index in [1.165, 1.54) is 24.3 Å². The van der Waals surface area contributed by atoms with Crippen LogP contribution in [0.4, 0.5) is 18.9 Å². The summed E-state index contributed by atoms with van der Waals surface area (Å²) in [5.74, 6) is -1.39. The zero-order valence-corrected chi connectivity index (χ0v) is 15.5. The highest BCUT2D eigenvalue weighted by atomic mass is 79.9. The Hall–Kier alpha value is -2.07. The molecule has 0 bridgehead atoms. The van der Waals surface area contributed by atoms with Gasteiger partial charge in [0, 0.05) is 16.6 Å². The Morgan fingerprint density at radius 1 is 1.04 bits per heavy atom. The highest BCUT2D eigenvalue weighted by Gasteiger charge is 2.31. The van der Waals surface area contributed by atoms with Gasteiger partial charge in [0.05, 0.1) is 10.6 Å². The Morgan fingerprint density at radius 2 is 1.62 bits per heavy atom. The van der Waals surface area contributed by atoms with Crippen LogP contribution in [0.3, 0.4) is 0 Å². The van der Waals surface area contributed by atoms with Crippen LogP contribution in [-0.4, -0.2) is 26.4 Å². The van der Waals surface area contributed by atoms with E-state index in [0.717, 1.165) is 16.6 Å². The number of halogens is 4. The summed E-state index contributed by atoms with van der Waals surface area (Å²) in [6.07, 6.45) is -5.09. The second-order valence-electron chi connectivity index (χ2n) is 5.14. The molecule has 0 saturated heterocycles. The number of hydrogen-bond donors (Lipinski definition) is 1. The minimum absolute atomic E-state index is 0.0992. The Bertz CT molecular complexity index is 866. The number of rotatable bonds is 6. The number of sulfone groups is 1. The van der Waals surface area contributed by atoms with E-state index in [4.69, 9.17) is 0 Å². The lowest BCUT2D eigenvalue weighted by Gasteiger charge is -2.10. The number of hydrogen-bond acceptors (Lipinski definition) is 4. The summed E-state index contributed by atoms with van der Waals surface area (Å²) in [4.78, 5) is 12.0. The van der Waals surface area contributed by atoms with Crippen molar-refractivity contribution >= 4 is 37.4 Å². The summed E-state index contributed by atoms with van der Waals surface area (Å²) in [5, 5.41) is 2.42. The smallest absolute Gasteiger partial charge is 0.406 e. The minimum Gasteiger partial charge on any atom is -0.406 e. The summed E-state index contributed by atoms with van der Waals surface area (Å²) >= 11 is 3.20. The first kappa shape index (κ1) is 20.2. The van der Waals surface area contributed by atoms with Gasteiger partial charge in [0.25, 0.3) is 0 Å². The third-order valence-corrected chi connectivity index (χ3v) is 5.40. The number of benzene rings is 2. The molecule has 5 nitrogen and oxygen atoms in total. The number of nitrogens with one attached hydrogen (secondary N) is 1. The molecule has 140 valence electrons. The van der Waals surface area contributed by atoms with Crippen LogP contribution in [0.2, 0.25) is 0 Å². The van der Waals surface area contributed by atoms with Gasteiger partial charge in [0.1, 0.15) is 5.75 Å². The second-order valence-corrected chi connectivity index (χ2v) is 8.17. The van der Waals surface area contributed by atoms with Crippen LogP contribution in [0.15, 0.2) is 57.9 Å². The summed E-state index contributed by atoms with van der Waals surface area (Å²) in [6, 6.07) is 10.6. The lowest BCUT2D eigenvalue weighted by Crippen LogP contribution is -2.18. The second kappa shape index (κ2) is 8.09. The van der Waals surface area contributed by atoms with Gasteiger partial charge in [-0.15, -0.1) is 13.2 Å². The normalized spacial score (nSPS) is 11.8. The molecule has 0 aliphatic carbocycles. The molecule has 0 atom stereocenters. The van der Waals surface area contributed by atoms with Crippen molar-refractivity contribution in [2.24, 2.45) is 0 Å². The van der Waals surface area contributed by atoms with Gasteiger partial charge < -0.3 is 10.1 Å². The van der Waals surface area contributed by atoms with Crippen LogP contribution in [-0.2, 0) is 14.6 Å². The number of amides is 1. The summed E-state index contributed by atoms with van der Waals surface area (Å²) in [7, 11) is -3.62. The first-order valence-corrected chi connectivity index (χ1v) is 9.64. The molecule has 1 N–H and O–H groups in total. The van der Waals surface area contributed by atoms with Crippen LogP contribution >= 0.6 is 15.9 Å². The molecule has 0 fully saturated rings. The van der Waals surface area contributed by atoms with Crippen molar-refractivity contribution in [2.75, 3.05) is 11.1 Å². The fourth-order valence-electron chi connectivity index (χ4n) is 1.95. The third-order valence-electron chi connectivity index (χ3n) is 3.14. The molecule has 0 aliphatic heterocycles. The highest BCUT2D eigenvalue weighted by Crippen LogP contribution is 2.24. The fourth-order valence-corrected chi connectivity index (χ4v) is 3.46. The molecule has 0 aliphatic rings. The van der Waals surface area contributed by atoms with E-state index in [-0.39, 0.29) is 17.0 Å². The van der Waals surface area contributed by atoms with Gasteiger partial charge in [-0.3, -0.25) is 4.79 Å². The van der Waals surface area contributed by atoms with Crippen LogP contribution in [0.1, 0.15) is 6.42 Å². The number of alkyl halides is 3. The molecule has 0 heterocycles. The fraction of sp³-hybridized carbons (Fsp3) is 0.188. The SMILES string of the molecule is O=C(CCS(=O)(=O)c1ccc(Br)cc1)Nc1ccc(OC(F)(F)F)cc1. The van der Waals surface area contributed by atoms with Crippen molar-refractivity contribution in [3.63, 3.8) is 0 Å². The quantitative estimate of drug-likeness (QED) is 0.715. The lowest BCUT2D eigenvalue weighted by atomic mass is 10.3. The standard InChI is InChI=1S/C16H13BrF3NO4S/c17-11-1-7-14(8-2-11)26(23,24)10-9-15(22)21-12-3-5-13(6-4-12)25-16(18,19)20/h1-8H,9-10H2,(H,21,22). The third kappa shape index (κ3) is 6.34. The molecule has 10 heteroatoms. The van der Waals surface area contributed by atoms with E-state index in [2.05, 4.69) is 26.0 Å². The predicted octanol–water partition coefficient (Wildman–Crippen LogP) is 4.15. The molecule has 2 aromatic rings. The minimum atomic E-state index is -4.80. The predicted molar refractivity (Wildman–Crippen MR) is 92.6 cm³/mol. The largest absolute Gasteiger partial charge is 0.573 e. The molecule has 2 aromatic carbocycles. The van der Waals surface area contributed by atoms with Crippen LogP contribution in [0.25, 0.3) is 0 Å². The molecule has 1 amide bonds. The molecule has 0 aromatic heterocycles. The van der Waals surface area contributed by atoms with Gasteiger partial charge in [0.15, 0.2) is 9.84 Å². The maximum Gasteiger partial charge on any atom is 0.573 e. The van der Waals surface area contributed by atoms with Gasteiger partial charge >= 0.3 is 6.36 Å². The van der Waals surface area contributed by atoms with E-state index in [1.807, 2.05) is 0 Å². The molecule has 26 heavy (non-hydrogen) atoms. The topological polar surface area (TPSA) is 72.5 Å². The van der Waals surface area contributed by atoms with E-state index < -0.39 is 33.6 Å². The van der Waals surface area contributed by atoms with Gasteiger partial charge in [-0.1, -0.05) is 15.9 Å². The highest BCUT2D eigenvalue weighted by molar-refractivity contribution is 9.10. The first-order chi connectivity index (χ1) is 12.0. The van der Waals surface area contributed by atoms with Crippen molar-refractivity contribution in [2.45, 2.75) is 17.7 Å². The van der Waals surface area contributed by atoms with Crippen molar-refractivity contribution < 1.29 is 31.1 Å². The van der Waals surface area contributed by atoms with Gasteiger partial charge in [-0.25, -0.2) is 8.42 Å². The Labute approximate surface area is 156 Å². The molecule has 0 spiro atoms. The summed E-state index contributed by atoms with van der Waals surface area (Å²) < 4.78 is 65.0. The molecular formula is C16H13BrF3NO4S.